The van der Waals surface area contributed by atoms with Gasteiger partial charge in [0.2, 0.25) is 0 Å². The van der Waals surface area contributed by atoms with E-state index < -0.39 is 10.8 Å². The molecule has 0 aliphatic carbocycles. The first-order valence-electron chi connectivity index (χ1n) is 6.43. The fraction of sp³-hybridized carbons (Fsp3) is 0.133. The smallest absolute Gasteiger partial charge is 0.283 e. The fourth-order valence-electron chi connectivity index (χ4n) is 1.95. The number of anilines is 1. The van der Waals surface area contributed by atoms with Crippen LogP contribution in [0.15, 0.2) is 36.4 Å². The third kappa shape index (κ3) is 3.70. The topological polar surface area (TPSA) is 90.7 Å². The minimum Gasteiger partial charge on any atom is -0.497 e. The molecule has 0 aliphatic heterocycles. The van der Waals surface area contributed by atoms with Crippen LogP contribution in [-0.2, 0) is 0 Å². The van der Waals surface area contributed by atoms with Gasteiger partial charge in [-0.2, -0.15) is 0 Å². The summed E-state index contributed by atoms with van der Waals surface area (Å²) in [4.78, 5) is 22.8. The van der Waals surface area contributed by atoms with Crippen molar-refractivity contribution in [3.8, 4) is 11.5 Å². The fourth-order valence-corrected chi connectivity index (χ4v) is 2.12. The molecule has 0 aliphatic rings. The molecular weight excluding hydrogens is 324 g/mol. The quantitative estimate of drug-likeness (QED) is 0.666. The van der Waals surface area contributed by atoms with E-state index in [0.29, 0.717) is 17.2 Å². The summed E-state index contributed by atoms with van der Waals surface area (Å²) in [5, 5.41) is 13.8. The summed E-state index contributed by atoms with van der Waals surface area (Å²) in [6.07, 6.45) is 0. The zero-order valence-corrected chi connectivity index (χ0v) is 13.1. The van der Waals surface area contributed by atoms with Gasteiger partial charge in [-0.05, 0) is 24.3 Å². The van der Waals surface area contributed by atoms with Gasteiger partial charge in [0.05, 0.1) is 24.8 Å². The van der Waals surface area contributed by atoms with E-state index in [2.05, 4.69) is 5.32 Å². The summed E-state index contributed by atoms with van der Waals surface area (Å²) in [6.45, 7) is 0. The van der Waals surface area contributed by atoms with Crippen LogP contribution in [0.2, 0.25) is 5.02 Å². The number of amides is 1. The number of hydrogen-bond acceptors (Lipinski definition) is 5. The molecule has 0 aromatic heterocycles. The molecule has 0 radical (unpaired) electrons. The number of methoxy groups -OCH3 is 2. The van der Waals surface area contributed by atoms with Crippen LogP contribution < -0.4 is 14.8 Å². The second-order valence-electron chi connectivity index (χ2n) is 4.44. The lowest BCUT2D eigenvalue weighted by molar-refractivity contribution is -0.385. The number of benzene rings is 2. The Hall–Kier alpha value is -2.80. The summed E-state index contributed by atoms with van der Waals surface area (Å²) in [5.74, 6) is 0.252. The maximum absolute atomic E-state index is 12.4. The molecule has 8 heteroatoms. The molecule has 0 heterocycles. The number of nitrogens with one attached hydrogen (secondary N) is 1. The van der Waals surface area contributed by atoms with E-state index in [4.69, 9.17) is 21.1 Å². The van der Waals surface area contributed by atoms with Gasteiger partial charge in [-0.1, -0.05) is 11.6 Å². The van der Waals surface area contributed by atoms with Crippen molar-refractivity contribution in [2.75, 3.05) is 19.5 Å². The van der Waals surface area contributed by atoms with Crippen molar-refractivity contribution in [3.63, 3.8) is 0 Å². The Kier molecular flexibility index (Phi) is 5.02. The molecule has 1 amide bonds. The van der Waals surface area contributed by atoms with Crippen LogP contribution in [0.5, 0.6) is 11.5 Å². The second-order valence-corrected chi connectivity index (χ2v) is 4.88. The molecule has 7 nitrogen and oxygen atoms in total. The standard InChI is InChI=1S/C15H13ClN2O5/c1-22-10-4-6-14(23-2)12(8-10)17-15(19)11-5-3-9(16)7-13(11)18(20)21/h3-8H,1-2H3,(H,17,19). The highest BCUT2D eigenvalue weighted by Crippen LogP contribution is 2.30. The van der Waals surface area contributed by atoms with Gasteiger partial charge in [-0.15, -0.1) is 0 Å². The van der Waals surface area contributed by atoms with Gasteiger partial charge in [-0.3, -0.25) is 14.9 Å². The van der Waals surface area contributed by atoms with Crippen molar-refractivity contribution in [1.82, 2.24) is 0 Å². The predicted octanol–water partition coefficient (Wildman–Crippen LogP) is 3.52. The number of ether oxygens (including phenoxy) is 2. The summed E-state index contributed by atoms with van der Waals surface area (Å²) in [6, 6.07) is 8.66. The molecule has 2 aromatic rings. The number of hydrogen-bond donors (Lipinski definition) is 1. The first-order valence-corrected chi connectivity index (χ1v) is 6.81. The van der Waals surface area contributed by atoms with Crippen LogP contribution in [0, 0.1) is 10.1 Å². The number of nitro benzene ring substituents is 1. The van der Waals surface area contributed by atoms with Gasteiger partial charge in [0.25, 0.3) is 11.6 Å². The number of nitro groups is 1. The maximum Gasteiger partial charge on any atom is 0.283 e. The number of rotatable bonds is 5. The van der Waals surface area contributed by atoms with E-state index in [1.54, 1.807) is 18.2 Å². The van der Waals surface area contributed by atoms with Gasteiger partial charge < -0.3 is 14.8 Å². The SMILES string of the molecule is COc1ccc(OC)c(NC(=O)c2ccc(Cl)cc2[N+](=O)[O-])c1. The zero-order chi connectivity index (χ0) is 17.0. The minimum atomic E-state index is -0.663. The first-order chi connectivity index (χ1) is 11.0. The number of carbonyl (C=O) groups is 1. The minimum absolute atomic E-state index is 0.107. The average Bonchev–Trinajstić information content (AvgIpc) is 2.54. The van der Waals surface area contributed by atoms with Crippen LogP contribution >= 0.6 is 11.6 Å². The van der Waals surface area contributed by atoms with Crippen molar-refractivity contribution in [2.45, 2.75) is 0 Å². The lowest BCUT2D eigenvalue weighted by Crippen LogP contribution is -2.14. The molecule has 120 valence electrons. The van der Waals surface area contributed by atoms with Crippen LogP contribution in [0.4, 0.5) is 11.4 Å². The normalized spacial score (nSPS) is 10.0. The van der Waals surface area contributed by atoms with E-state index in [1.165, 1.54) is 26.4 Å². The average molecular weight is 337 g/mol. The van der Waals surface area contributed by atoms with Crippen LogP contribution in [0.25, 0.3) is 0 Å². The van der Waals surface area contributed by atoms with Crippen molar-refractivity contribution in [2.24, 2.45) is 0 Å². The number of carbonyl (C=O) groups excluding carboxylic acids is 1. The highest BCUT2D eigenvalue weighted by atomic mass is 35.5. The van der Waals surface area contributed by atoms with Gasteiger partial charge in [-0.25, -0.2) is 0 Å². The zero-order valence-electron chi connectivity index (χ0n) is 12.3. The number of halogens is 1. The highest BCUT2D eigenvalue weighted by molar-refractivity contribution is 6.31. The van der Waals surface area contributed by atoms with Crippen LogP contribution in [0.1, 0.15) is 10.4 Å². The molecule has 23 heavy (non-hydrogen) atoms. The lowest BCUT2D eigenvalue weighted by Gasteiger charge is -2.12. The molecule has 0 unspecified atom stereocenters. The van der Waals surface area contributed by atoms with Gasteiger partial charge >= 0.3 is 0 Å². The Labute approximate surface area is 136 Å². The summed E-state index contributed by atoms with van der Waals surface area (Å²) >= 11 is 5.74. The number of nitrogens with zero attached hydrogens (tertiary/aromatic N) is 1. The van der Waals surface area contributed by atoms with E-state index in [0.717, 1.165) is 6.07 Å². The summed E-state index contributed by atoms with van der Waals surface area (Å²) < 4.78 is 10.2. The monoisotopic (exact) mass is 336 g/mol. The van der Waals surface area contributed by atoms with Crippen LogP contribution in [-0.4, -0.2) is 25.1 Å². The second kappa shape index (κ2) is 6.97. The van der Waals surface area contributed by atoms with E-state index in [9.17, 15) is 14.9 Å². The van der Waals surface area contributed by atoms with Gasteiger partial charge in [0.1, 0.15) is 17.1 Å². The van der Waals surface area contributed by atoms with E-state index in [-0.39, 0.29) is 16.3 Å². The Morgan fingerprint density at radius 3 is 2.52 bits per heavy atom. The summed E-state index contributed by atoms with van der Waals surface area (Å²) in [5.41, 5.74) is -0.151. The van der Waals surface area contributed by atoms with E-state index in [1.807, 2.05) is 0 Å². The molecule has 0 fully saturated rings. The van der Waals surface area contributed by atoms with Crippen LogP contribution in [0.3, 0.4) is 0 Å². The summed E-state index contributed by atoms with van der Waals surface area (Å²) in [7, 11) is 2.93. The largest absolute Gasteiger partial charge is 0.497 e. The Balaban J connectivity index is 2.38. The Bertz CT molecular complexity index is 764. The van der Waals surface area contributed by atoms with Crippen molar-refractivity contribution in [1.29, 1.82) is 0 Å². The maximum atomic E-state index is 12.4. The van der Waals surface area contributed by atoms with E-state index >= 15 is 0 Å². The van der Waals surface area contributed by atoms with Gasteiger partial charge in [0.15, 0.2) is 0 Å². The predicted molar refractivity (Wildman–Crippen MR) is 85.6 cm³/mol. The Morgan fingerprint density at radius 1 is 1.17 bits per heavy atom. The van der Waals surface area contributed by atoms with Crippen molar-refractivity contribution < 1.29 is 19.2 Å². The molecule has 1 N–H and O–H groups in total. The molecule has 0 atom stereocenters. The third-order valence-electron chi connectivity index (χ3n) is 3.06. The first kappa shape index (κ1) is 16.6. The highest BCUT2D eigenvalue weighted by Gasteiger charge is 2.21. The molecule has 2 rings (SSSR count). The van der Waals surface area contributed by atoms with Crippen molar-refractivity contribution in [3.05, 3.63) is 57.1 Å². The molecule has 2 aromatic carbocycles. The van der Waals surface area contributed by atoms with Crippen molar-refractivity contribution >= 4 is 28.9 Å². The molecule has 0 saturated heterocycles. The van der Waals surface area contributed by atoms with Gasteiger partial charge in [0, 0.05) is 17.2 Å². The molecular formula is C15H13ClN2O5. The molecule has 0 spiro atoms. The molecule has 0 bridgehead atoms. The lowest BCUT2D eigenvalue weighted by atomic mass is 10.1. The molecule has 0 saturated carbocycles. The Morgan fingerprint density at radius 2 is 1.91 bits per heavy atom. The third-order valence-corrected chi connectivity index (χ3v) is 3.29.